The van der Waals surface area contributed by atoms with Crippen LogP contribution in [0, 0.1) is 11.3 Å². The number of anilines is 1. The summed E-state index contributed by atoms with van der Waals surface area (Å²) in [6.07, 6.45) is -0.221. The fourth-order valence-electron chi connectivity index (χ4n) is 2.59. The van der Waals surface area contributed by atoms with Crippen molar-refractivity contribution in [3.8, 4) is 17.6 Å². The van der Waals surface area contributed by atoms with E-state index in [0.29, 0.717) is 36.7 Å². The minimum absolute atomic E-state index is 0.213. The van der Waals surface area contributed by atoms with Crippen LogP contribution in [0.1, 0.15) is 12.5 Å². The highest BCUT2D eigenvalue weighted by Crippen LogP contribution is 2.31. The van der Waals surface area contributed by atoms with Crippen molar-refractivity contribution in [2.75, 3.05) is 25.0 Å². The van der Waals surface area contributed by atoms with Crippen molar-refractivity contribution in [2.24, 2.45) is 0 Å². The number of nitrogens with zero attached hydrogens (tertiary/aromatic N) is 2. The highest BCUT2D eigenvalue weighted by atomic mass is 16.6. The van der Waals surface area contributed by atoms with E-state index in [-0.39, 0.29) is 12.1 Å². The first-order valence-electron chi connectivity index (χ1n) is 8.14. The summed E-state index contributed by atoms with van der Waals surface area (Å²) in [5, 5.41) is 11.7. The van der Waals surface area contributed by atoms with Crippen LogP contribution in [-0.2, 0) is 0 Å². The Hall–Kier alpha value is -3.20. The van der Waals surface area contributed by atoms with E-state index in [9.17, 15) is 4.79 Å². The van der Waals surface area contributed by atoms with E-state index < -0.39 is 0 Å². The van der Waals surface area contributed by atoms with E-state index in [2.05, 4.69) is 11.4 Å². The van der Waals surface area contributed by atoms with Gasteiger partial charge >= 0.3 is 6.03 Å². The minimum atomic E-state index is -0.221. The fourth-order valence-corrected chi connectivity index (χ4v) is 2.59. The summed E-state index contributed by atoms with van der Waals surface area (Å²) in [7, 11) is 0. The third-order valence-corrected chi connectivity index (χ3v) is 3.93. The third-order valence-electron chi connectivity index (χ3n) is 3.93. The lowest BCUT2D eigenvalue weighted by Crippen LogP contribution is -2.45. The number of fused-ring (bicyclic) bond motifs is 1. The van der Waals surface area contributed by atoms with Gasteiger partial charge in [-0.3, -0.25) is 0 Å². The van der Waals surface area contributed by atoms with Crippen molar-refractivity contribution in [1.82, 2.24) is 4.90 Å². The second-order valence-corrected chi connectivity index (χ2v) is 5.66. The summed E-state index contributed by atoms with van der Waals surface area (Å²) in [6.45, 7) is 3.28. The molecule has 0 spiro atoms. The number of para-hydroxylation sites is 2. The molecule has 0 aromatic heterocycles. The molecule has 1 N–H and O–H groups in total. The first kappa shape index (κ1) is 16.7. The number of benzene rings is 2. The van der Waals surface area contributed by atoms with E-state index in [1.807, 2.05) is 31.2 Å². The van der Waals surface area contributed by atoms with Crippen LogP contribution in [-0.4, -0.2) is 36.7 Å². The average molecular weight is 337 g/mol. The molecular weight excluding hydrogens is 318 g/mol. The van der Waals surface area contributed by atoms with E-state index >= 15 is 0 Å². The van der Waals surface area contributed by atoms with Gasteiger partial charge in [-0.15, -0.1) is 0 Å². The van der Waals surface area contributed by atoms with Gasteiger partial charge in [-0.25, -0.2) is 4.79 Å². The molecule has 128 valence electrons. The molecule has 1 heterocycles. The number of hydrogen-bond acceptors (Lipinski definition) is 4. The van der Waals surface area contributed by atoms with Crippen molar-refractivity contribution in [3.63, 3.8) is 0 Å². The summed E-state index contributed by atoms with van der Waals surface area (Å²) in [6, 6.07) is 16.1. The molecule has 0 fully saturated rings. The molecule has 0 radical (unpaired) electrons. The van der Waals surface area contributed by atoms with Gasteiger partial charge in [0.25, 0.3) is 0 Å². The Morgan fingerprint density at radius 3 is 2.64 bits per heavy atom. The maximum Gasteiger partial charge on any atom is 0.321 e. The SMILES string of the molecule is CCN(CC1COc2ccccc2O1)C(=O)Nc1ccc(C#N)cc1. The van der Waals surface area contributed by atoms with Crippen LogP contribution in [0.2, 0.25) is 0 Å². The van der Waals surface area contributed by atoms with E-state index in [4.69, 9.17) is 14.7 Å². The highest BCUT2D eigenvalue weighted by Gasteiger charge is 2.24. The van der Waals surface area contributed by atoms with Crippen LogP contribution in [0.15, 0.2) is 48.5 Å². The molecule has 6 nitrogen and oxygen atoms in total. The van der Waals surface area contributed by atoms with Gasteiger partial charge < -0.3 is 19.7 Å². The van der Waals surface area contributed by atoms with Crippen molar-refractivity contribution in [1.29, 1.82) is 5.26 Å². The van der Waals surface area contributed by atoms with E-state index in [0.717, 1.165) is 5.75 Å². The average Bonchev–Trinajstić information content (AvgIpc) is 2.66. The molecule has 25 heavy (non-hydrogen) atoms. The molecule has 0 aliphatic carbocycles. The van der Waals surface area contributed by atoms with Gasteiger partial charge in [0.2, 0.25) is 0 Å². The number of ether oxygens (including phenoxy) is 2. The fraction of sp³-hybridized carbons (Fsp3) is 0.263. The lowest BCUT2D eigenvalue weighted by atomic mass is 10.2. The van der Waals surface area contributed by atoms with Crippen LogP contribution in [0.4, 0.5) is 10.5 Å². The standard InChI is InChI=1S/C19H19N3O3/c1-2-22(19(23)21-15-9-7-14(11-20)8-10-15)12-16-13-24-17-5-3-4-6-18(17)25-16/h3-10,16H,2,12-13H2,1H3,(H,21,23). The number of hydrogen-bond donors (Lipinski definition) is 1. The second-order valence-electron chi connectivity index (χ2n) is 5.66. The number of amides is 2. The van der Waals surface area contributed by atoms with Crippen LogP contribution in [0.25, 0.3) is 0 Å². The Bertz CT molecular complexity index is 783. The Labute approximate surface area is 146 Å². The number of carbonyl (C=O) groups is 1. The number of nitriles is 1. The molecule has 2 amide bonds. The maximum absolute atomic E-state index is 12.5. The molecule has 2 aromatic carbocycles. The van der Waals surface area contributed by atoms with Crippen LogP contribution in [0.5, 0.6) is 11.5 Å². The Balaban J connectivity index is 1.60. The van der Waals surface area contributed by atoms with Crippen LogP contribution < -0.4 is 14.8 Å². The summed E-state index contributed by atoms with van der Waals surface area (Å²) in [4.78, 5) is 14.1. The molecule has 1 aliphatic rings. The third kappa shape index (κ3) is 4.01. The first-order valence-corrected chi connectivity index (χ1v) is 8.14. The number of nitrogens with one attached hydrogen (secondary N) is 1. The molecule has 6 heteroatoms. The Morgan fingerprint density at radius 2 is 1.96 bits per heavy atom. The zero-order valence-corrected chi connectivity index (χ0v) is 13.9. The van der Waals surface area contributed by atoms with Crippen LogP contribution >= 0.6 is 0 Å². The quantitative estimate of drug-likeness (QED) is 0.929. The second kappa shape index (κ2) is 7.58. The monoisotopic (exact) mass is 337 g/mol. The van der Waals surface area contributed by atoms with Gasteiger partial charge in [-0.05, 0) is 43.3 Å². The summed E-state index contributed by atoms with van der Waals surface area (Å²) < 4.78 is 11.6. The molecule has 2 aromatic rings. The lowest BCUT2D eigenvalue weighted by molar-refractivity contribution is 0.0693. The predicted octanol–water partition coefficient (Wildman–Crippen LogP) is 3.25. The molecule has 1 unspecified atom stereocenters. The number of carbonyl (C=O) groups excluding carboxylic acids is 1. The van der Waals surface area contributed by atoms with Gasteiger partial charge in [0.05, 0.1) is 18.2 Å². The number of urea groups is 1. The zero-order valence-electron chi connectivity index (χ0n) is 13.9. The first-order chi connectivity index (χ1) is 12.2. The Morgan fingerprint density at radius 1 is 1.24 bits per heavy atom. The summed E-state index contributed by atoms with van der Waals surface area (Å²) in [5.74, 6) is 1.42. The zero-order chi connectivity index (χ0) is 17.6. The highest BCUT2D eigenvalue weighted by molar-refractivity contribution is 5.89. The van der Waals surface area contributed by atoms with Gasteiger partial charge in [0, 0.05) is 12.2 Å². The topological polar surface area (TPSA) is 74.6 Å². The van der Waals surface area contributed by atoms with E-state index in [1.165, 1.54) is 0 Å². The molecule has 1 atom stereocenters. The van der Waals surface area contributed by atoms with Crippen molar-refractivity contribution in [3.05, 3.63) is 54.1 Å². The van der Waals surface area contributed by atoms with Crippen molar-refractivity contribution in [2.45, 2.75) is 13.0 Å². The number of likely N-dealkylation sites (N-methyl/N-ethyl adjacent to an activating group) is 1. The number of rotatable bonds is 4. The van der Waals surface area contributed by atoms with Gasteiger partial charge in [0.15, 0.2) is 17.6 Å². The summed E-state index contributed by atoms with van der Waals surface area (Å²) in [5.41, 5.74) is 1.20. The van der Waals surface area contributed by atoms with Crippen LogP contribution in [0.3, 0.4) is 0 Å². The van der Waals surface area contributed by atoms with Crippen molar-refractivity contribution < 1.29 is 14.3 Å². The van der Waals surface area contributed by atoms with E-state index in [1.54, 1.807) is 29.2 Å². The molecule has 3 rings (SSSR count). The molecular formula is C19H19N3O3. The molecule has 0 bridgehead atoms. The summed E-state index contributed by atoms with van der Waals surface area (Å²) >= 11 is 0. The Kier molecular flexibility index (Phi) is 5.05. The molecule has 1 aliphatic heterocycles. The van der Waals surface area contributed by atoms with Gasteiger partial charge in [0.1, 0.15) is 6.61 Å². The maximum atomic E-state index is 12.5. The van der Waals surface area contributed by atoms with Gasteiger partial charge in [-0.1, -0.05) is 12.1 Å². The predicted molar refractivity (Wildman–Crippen MR) is 93.8 cm³/mol. The smallest absolute Gasteiger partial charge is 0.321 e. The normalized spacial score (nSPS) is 15.1. The van der Waals surface area contributed by atoms with Gasteiger partial charge in [-0.2, -0.15) is 5.26 Å². The molecule has 0 saturated carbocycles. The minimum Gasteiger partial charge on any atom is -0.486 e. The lowest BCUT2D eigenvalue weighted by Gasteiger charge is -2.30. The largest absolute Gasteiger partial charge is 0.486 e. The van der Waals surface area contributed by atoms with Crippen molar-refractivity contribution >= 4 is 11.7 Å². The molecule has 0 saturated heterocycles.